The second-order valence-corrected chi connectivity index (χ2v) is 5.24. The van der Waals surface area contributed by atoms with Gasteiger partial charge in [-0.1, -0.05) is 18.2 Å². The Kier molecular flexibility index (Phi) is 3.45. The van der Waals surface area contributed by atoms with Crippen LogP contribution in [0, 0.1) is 12.7 Å². The highest BCUT2D eigenvalue weighted by atomic mass is 19.1. The normalized spacial score (nSPS) is 17.1. The van der Waals surface area contributed by atoms with E-state index in [2.05, 4.69) is 0 Å². The van der Waals surface area contributed by atoms with E-state index in [0.29, 0.717) is 6.61 Å². The third-order valence-electron chi connectivity index (χ3n) is 3.89. The molecule has 1 N–H and O–H groups in total. The zero-order valence-corrected chi connectivity index (χ0v) is 11.4. The van der Waals surface area contributed by atoms with Gasteiger partial charge in [-0.3, -0.25) is 0 Å². The van der Waals surface area contributed by atoms with Crippen LogP contribution in [0.5, 0.6) is 5.75 Å². The van der Waals surface area contributed by atoms with Crippen molar-refractivity contribution in [2.24, 2.45) is 0 Å². The lowest BCUT2D eigenvalue weighted by atomic mass is 10.1. The molecule has 1 unspecified atom stereocenters. The van der Waals surface area contributed by atoms with Gasteiger partial charge in [0.05, 0.1) is 6.10 Å². The van der Waals surface area contributed by atoms with E-state index in [1.165, 1.54) is 12.1 Å². The minimum atomic E-state index is -0.385. The van der Waals surface area contributed by atoms with Gasteiger partial charge in [0, 0.05) is 5.56 Å². The van der Waals surface area contributed by atoms with E-state index in [9.17, 15) is 9.50 Å². The topological polar surface area (TPSA) is 29.5 Å². The van der Waals surface area contributed by atoms with Crippen molar-refractivity contribution in [3.05, 3.63) is 64.5 Å². The molecule has 0 radical (unpaired) electrons. The van der Waals surface area contributed by atoms with Gasteiger partial charge >= 0.3 is 0 Å². The molecular weight excluding hydrogens is 255 g/mol. The van der Waals surface area contributed by atoms with Crippen molar-refractivity contribution >= 4 is 0 Å². The maximum absolute atomic E-state index is 13.3. The molecule has 0 amide bonds. The average molecular weight is 272 g/mol. The van der Waals surface area contributed by atoms with Crippen molar-refractivity contribution in [3.63, 3.8) is 0 Å². The largest absolute Gasteiger partial charge is 0.489 e. The molecule has 2 aromatic carbocycles. The standard InChI is InChI=1S/C17H17FO2/c1-11-5-6-13(18)9-12(11)10-20-17-4-2-3-14-15(17)7-8-16(14)19/h2-6,9,16,19H,7-8,10H2,1H3. The van der Waals surface area contributed by atoms with Crippen molar-refractivity contribution in [1.29, 1.82) is 0 Å². The van der Waals surface area contributed by atoms with Gasteiger partial charge in [-0.2, -0.15) is 0 Å². The van der Waals surface area contributed by atoms with Crippen LogP contribution in [0.2, 0.25) is 0 Å². The molecule has 3 heteroatoms. The summed E-state index contributed by atoms with van der Waals surface area (Å²) in [7, 11) is 0. The summed E-state index contributed by atoms with van der Waals surface area (Å²) in [6.07, 6.45) is 1.19. The monoisotopic (exact) mass is 272 g/mol. The summed E-state index contributed by atoms with van der Waals surface area (Å²) < 4.78 is 19.1. The number of aliphatic hydroxyl groups is 1. The molecule has 0 spiro atoms. The second kappa shape index (κ2) is 5.25. The molecule has 0 bridgehead atoms. The molecule has 0 heterocycles. The third-order valence-corrected chi connectivity index (χ3v) is 3.89. The van der Waals surface area contributed by atoms with E-state index < -0.39 is 0 Å². The van der Waals surface area contributed by atoms with E-state index in [4.69, 9.17) is 4.74 Å². The second-order valence-electron chi connectivity index (χ2n) is 5.24. The molecule has 1 aliphatic rings. The number of aliphatic hydroxyl groups excluding tert-OH is 1. The van der Waals surface area contributed by atoms with E-state index >= 15 is 0 Å². The summed E-state index contributed by atoms with van der Waals surface area (Å²) in [4.78, 5) is 0. The van der Waals surface area contributed by atoms with Crippen molar-refractivity contribution < 1.29 is 14.2 Å². The van der Waals surface area contributed by atoms with Crippen LogP contribution in [-0.4, -0.2) is 5.11 Å². The predicted molar refractivity (Wildman–Crippen MR) is 75.2 cm³/mol. The van der Waals surface area contributed by atoms with Gasteiger partial charge in [-0.05, 0) is 54.7 Å². The van der Waals surface area contributed by atoms with Crippen LogP contribution >= 0.6 is 0 Å². The fourth-order valence-electron chi connectivity index (χ4n) is 2.69. The summed E-state index contributed by atoms with van der Waals surface area (Å²) in [5, 5.41) is 9.87. The fourth-order valence-corrected chi connectivity index (χ4v) is 2.69. The molecule has 0 aromatic heterocycles. The van der Waals surface area contributed by atoms with Gasteiger partial charge in [-0.15, -0.1) is 0 Å². The fraction of sp³-hybridized carbons (Fsp3) is 0.294. The average Bonchev–Trinajstić information content (AvgIpc) is 2.82. The van der Waals surface area contributed by atoms with Gasteiger partial charge < -0.3 is 9.84 Å². The summed E-state index contributed by atoms with van der Waals surface area (Å²) in [6, 6.07) is 10.5. The minimum Gasteiger partial charge on any atom is -0.489 e. The SMILES string of the molecule is Cc1ccc(F)cc1COc1cccc2c1CCC2O. The first-order valence-corrected chi connectivity index (χ1v) is 6.83. The van der Waals surface area contributed by atoms with Crippen molar-refractivity contribution in [2.75, 3.05) is 0 Å². The van der Waals surface area contributed by atoms with E-state index in [-0.39, 0.29) is 11.9 Å². The maximum Gasteiger partial charge on any atom is 0.123 e. The molecule has 2 nitrogen and oxygen atoms in total. The Morgan fingerprint density at radius 3 is 3.00 bits per heavy atom. The molecule has 1 atom stereocenters. The Morgan fingerprint density at radius 1 is 1.30 bits per heavy atom. The van der Waals surface area contributed by atoms with Gasteiger partial charge in [-0.25, -0.2) is 4.39 Å². The summed E-state index contributed by atoms with van der Waals surface area (Å²) >= 11 is 0. The van der Waals surface area contributed by atoms with Gasteiger partial charge in [0.25, 0.3) is 0 Å². The summed E-state index contributed by atoms with van der Waals surface area (Å²) in [6.45, 7) is 2.29. The van der Waals surface area contributed by atoms with E-state index in [1.54, 1.807) is 6.07 Å². The number of aryl methyl sites for hydroxylation is 1. The first kappa shape index (κ1) is 13.1. The number of benzene rings is 2. The Balaban J connectivity index is 1.81. The van der Waals surface area contributed by atoms with Crippen LogP contribution in [-0.2, 0) is 13.0 Å². The molecule has 1 aliphatic carbocycles. The third kappa shape index (κ3) is 2.41. The van der Waals surface area contributed by atoms with Crippen LogP contribution in [0.25, 0.3) is 0 Å². The minimum absolute atomic E-state index is 0.247. The highest BCUT2D eigenvalue weighted by molar-refractivity contribution is 5.44. The Bertz CT molecular complexity index is 637. The van der Waals surface area contributed by atoms with Gasteiger partial charge in [0.2, 0.25) is 0 Å². The van der Waals surface area contributed by atoms with Gasteiger partial charge in [0.1, 0.15) is 18.2 Å². The van der Waals surface area contributed by atoms with Crippen LogP contribution in [0.15, 0.2) is 36.4 Å². The Labute approximate surface area is 117 Å². The smallest absolute Gasteiger partial charge is 0.123 e. The number of rotatable bonds is 3. The molecule has 0 fully saturated rings. The van der Waals surface area contributed by atoms with Crippen LogP contribution in [0.1, 0.15) is 34.8 Å². The molecule has 0 saturated carbocycles. The first-order chi connectivity index (χ1) is 9.65. The highest BCUT2D eigenvalue weighted by Crippen LogP contribution is 2.37. The molecule has 104 valence electrons. The van der Waals surface area contributed by atoms with Crippen molar-refractivity contribution in [3.8, 4) is 5.75 Å². The molecule has 2 aromatic rings. The molecule has 0 saturated heterocycles. The zero-order chi connectivity index (χ0) is 14.1. The summed E-state index contributed by atoms with van der Waals surface area (Å²) in [5.41, 5.74) is 3.90. The highest BCUT2D eigenvalue weighted by Gasteiger charge is 2.23. The predicted octanol–water partition coefficient (Wildman–Crippen LogP) is 3.69. The molecule has 20 heavy (non-hydrogen) atoms. The quantitative estimate of drug-likeness (QED) is 0.923. The Hall–Kier alpha value is -1.87. The number of fused-ring (bicyclic) bond motifs is 1. The lowest BCUT2D eigenvalue weighted by Gasteiger charge is -2.12. The van der Waals surface area contributed by atoms with Crippen LogP contribution in [0.3, 0.4) is 0 Å². The number of hydrogen-bond acceptors (Lipinski definition) is 2. The number of halogens is 1. The first-order valence-electron chi connectivity index (χ1n) is 6.83. The van der Waals surface area contributed by atoms with E-state index in [1.807, 2.05) is 25.1 Å². The number of ether oxygens (including phenoxy) is 1. The van der Waals surface area contributed by atoms with Crippen molar-refractivity contribution in [2.45, 2.75) is 32.5 Å². The van der Waals surface area contributed by atoms with Crippen LogP contribution in [0.4, 0.5) is 4.39 Å². The molecular formula is C17H17FO2. The lowest BCUT2D eigenvalue weighted by Crippen LogP contribution is -2.01. The van der Waals surface area contributed by atoms with E-state index in [0.717, 1.165) is 40.8 Å². The molecule has 3 rings (SSSR count). The number of hydrogen-bond donors (Lipinski definition) is 1. The zero-order valence-electron chi connectivity index (χ0n) is 11.4. The molecule has 0 aliphatic heterocycles. The lowest BCUT2D eigenvalue weighted by molar-refractivity contribution is 0.180. The van der Waals surface area contributed by atoms with Gasteiger partial charge in [0.15, 0.2) is 0 Å². The summed E-state index contributed by atoms with van der Waals surface area (Å²) in [5.74, 6) is 0.547. The van der Waals surface area contributed by atoms with Crippen molar-refractivity contribution in [1.82, 2.24) is 0 Å². The maximum atomic E-state index is 13.3. The Morgan fingerprint density at radius 2 is 2.15 bits per heavy atom. The van der Waals surface area contributed by atoms with Crippen LogP contribution < -0.4 is 4.74 Å².